The summed E-state index contributed by atoms with van der Waals surface area (Å²) in [6, 6.07) is 9.75. The van der Waals surface area contributed by atoms with Crippen LogP contribution in [0.4, 0.5) is 17.6 Å². The van der Waals surface area contributed by atoms with Gasteiger partial charge < -0.3 is 14.5 Å². The first-order valence-corrected chi connectivity index (χ1v) is 9.87. The van der Waals surface area contributed by atoms with E-state index >= 15 is 0 Å². The molecule has 9 heteroatoms. The summed E-state index contributed by atoms with van der Waals surface area (Å²) >= 11 is 0. The first kappa shape index (κ1) is 22.6. The minimum Gasteiger partial charge on any atom is -0.494 e. The summed E-state index contributed by atoms with van der Waals surface area (Å²) < 4.78 is 56.3. The first-order chi connectivity index (χ1) is 14.7. The van der Waals surface area contributed by atoms with Crippen molar-refractivity contribution in [3.8, 4) is 5.75 Å². The van der Waals surface area contributed by atoms with Crippen LogP contribution in [0.5, 0.6) is 5.75 Å². The molecule has 0 N–H and O–H groups in total. The highest BCUT2D eigenvalue weighted by Gasteiger charge is 2.31. The molecule has 1 saturated heterocycles. The molecular weight excluding hydrogens is 416 g/mol. The lowest BCUT2D eigenvalue weighted by Gasteiger charge is -2.35. The largest absolute Gasteiger partial charge is 0.494 e. The van der Waals surface area contributed by atoms with Gasteiger partial charge in [-0.25, -0.2) is 4.39 Å². The van der Waals surface area contributed by atoms with Gasteiger partial charge in [-0.3, -0.25) is 9.59 Å². The van der Waals surface area contributed by atoms with Crippen molar-refractivity contribution < 1.29 is 31.9 Å². The Morgan fingerprint density at radius 2 is 1.45 bits per heavy atom. The summed E-state index contributed by atoms with van der Waals surface area (Å²) in [4.78, 5) is 28.0. The van der Waals surface area contributed by atoms with E-state index in [1.165, 1.54) is 41.3 Å². The number of nitrogens with zero attached hydrogens (tertiary/aromatic N) is 2. The fraction of sp³-hybridized carbons (Fsp3) is 0.364. The van der Waals surface area contributed by atoms with E-state index in [0.717, 1.165) is 12.1 Å². The van der Waals surface area contributed by atoms with Crippen LogP contribution in [0.1, 0.15) is 28.8 Å². The average Bonchev–Trinajstić information content (AvgIpc) is 2.77. The number of hydrogen-bond acceptors (Lipinski definition) is 3. The molecule has 0 saturated carbocycles. The third-order valence-electron chi connectivity index (χ3n) is 5.00. The molecule has 3 rings (SSSR count). The zero-order valence-corrected chi connectivity index (χ0v) is 16.7. The van der Waals surface area contributed by atoms with Crippen molar-refractivity contribution >= 4 is 11.8 Å². The number of ether oxygens (including phenoxy) is 1. The monoisotopic (exact) mass is 438 g/mol. The standard InChI is InChI=1S/C22H22F4N2O3/c23-18-7-9-19(10-8-18)31-15-1-2-20(29)27-11-13-28(14-12-27)21(30)16-3-5-17(6-4-16)22(24,25)26/h3-10H,1-2,11-15H2. The number of rotatable bonds is 6. The van der Waals surface area contributed by atoms with Crippen LogP contribution in [0.3, 0.4) is 0 Å². The Labute approximate surface area is 177 Å². The van der Waals surface area contributed by atoms with Crippen molar-refractivity contribution in [1.29, 1.82) is 0 Å². The van der Waals surface area contributed by atoms with Gasteiger partial charge in [0.2, 0.25) is 5.91 Å². The normalized spacial score (nSPS) is 14.5. The van der Waals surface area contributed by atoms with Gasteiger partial charge in [0, 0.05) is 38.2 Å². The third-order valence-corrected chi connectivity index (χ3v) is 5.00. The van der Waals surface area contributed by atoms with Gasteiger partial charge in [-0.2, -0.15) is 13.2 Å². The molecule has 1 heterocycles. The SMILES string of the molecule is O=C(CCCOc1ccc(F)cc1)N1CCN(C(=O)c2ccc(C(F)(F)F)cc2)CC1. The van der Waals surface area contributed by atoms with E-state index in [1.54, 1.807) is 4.90 Å². The van der Waals surface area contributed by atoms with E-state index in [4.69, 9.17) is 4.74 Å². The van der Waals surface area contributed by atoms with E-state index in [2.05, 4.69) is 0 Å². The molecule has 2 aromatic carbocycles. The zero-order chi connectivity index (χ0) is 22.4. The Bertz CT molecular complexity index is 890. The smallest absolute Gasteiger partial charge is 0.416 e. The van der Waals surface area contributed by atoms with Gasteiger partial charge in [0.25, 0.3) is 5.91 Å². The number of hydrogen-bond donors (Lipinski definition) is 0. The molecule has 2 aromatic rings. The number of carbonyl (C=O) groups excluding carboxylic acids is 2. The second kappa shape index (κ2) is 9.80. The van der Waals surface area contributed by atoms with Crippen molar-refractivity contribution in [3.05, 3.63) is 65.5 Å². The van der Waals surface area contributed by atoms with Crippen LogP contribution >= 0.6 is 0 Å². The highest BCUT2D eigenvalue weighted by Crippen LogP contribution is 2.29. The molecule has 1 aliphatic rings. The number of benzene rings is 2. The number of halogens is 4. The molecule has 0 unspecified atom stereocenters. The second-order valence-electron chi connectivity index (χ2n) is 7.15. The van der Waals surface area contributed by atoms with Gasteiger partial charge in [-0.15, -0.1) is 0 Å². The maximum absolute atomic E-state index is 12.8. The molecule has 0 bridgehead atoms. The predicted octanol–water partition coefficient (Wildman–Crippen LogP) is 3.99. The molecule has 0 spiro atoms. The summed E-state index contributed by atoms with van der Waals surface area (Å²) in [5.41, 5.74) is -0.617. The molecule has 0 aromatic heterocycles. The molecule has 1 fully saturated rings. The molecule has 31 heavy (non-hydrogen) atoms. The minimum atomic E-state index is -4.45. The highest BCUT2D eigenvalue weighted by molar-refractivity contribution is 5.94. The van der Waals surface area contributed by atoms with Crippen molar-refractivity contribution in [2.24, 2.45) is 0 Å². The summed E-state index contributed by atoms with van der Waals surface area (Å²) in [5, 5.41) is 0. The predicted molar refractivity (Wildman–Crippen MR) is 105 cm³/mol. The lowest BCUT2D eigenvalue weighted by atomic mass is 10.1. The van der Waals surface area contributed by atoms with E-state index in [-0.39, 0.29) is 29.6 Å². The van der Waals surface area contributed by atoms with E-state index < -0.39 is 11.7 Å². The number of piperazine rings is 1. The van der Waals surface area contributed by atoms with E-state index in [1.807, 2.05) is 0 Å². The van der Waals surface area contributed by atoms with Crippen LogP contribution in [0.25, 0.3) is 0 Å². The van der Waals surface area contributed by atoms with Gasteiger partial charge in [-0.1, -0.05) is 0 Å². The quantitative estimate of drug-likeness (QED) is 0.506. The molecular formula is C22H22F4N2O3. The van der Waals surface area contributed by atoms with Crippen LogP contribution in [-0.4, -0.2) is 54.4 Å². The number of carbonyl (C=O) groups is 2. The Kier molecular flexibility index (Phi) is 7.14. The van der Waals surface area contributed by atoms with Gasteiger partial charge in [0.05, 0.1) is 12.2 Å². The summed E-state index contributed by atoms with van der Waals surface area (Å²) in [6.07, 6.45) is -3.66. The van der Waals surface area contributed by atoms with Crippen molar-refractivity contribution in [2.75, 3.05) is 32.8 Å². The van der Waals surface area contributed by atoms with Gasteiger partial charge in [0.1, 0.15) is 11.6 Å². The molecule has 0 atom stereocenters. The lowest BCUT2D eigenvalue weighted by molar-refractivity contribution is -0.137. The second-order valence-corrected chi connectivity index (χ2v) is 7.15. The Hall–Kier alpha value is -3.10. The summed E-state index contributed by atoms with van der Waals surface area (Å²) in [5.74, 6) is -0.222. The Balaban J connectivity index is 1.40. The van der Waals surface area contributed by atoms with Crippen LogP contribution in [0.15, 0.2) is 48.5 Å². The zero-order valence-electron chi connectivity index (χ0n) is 16.7. The third kappa shape index (κ3) is 6.19. The fourth-order valence-corrected chi connectivity index (χ4v) is 3.25. The van der Waals surface area contributed by atoms with Gasteiger partial charge in [0.15, 0.2) is 0 Å². The maximum Gasteiger partial charge on any atom is 0.416 e. The van der Waals surface area contributed by atoms with E-state index in [9.17, 15) is 27.2 Å². The topological polar surface area (TPSA) is 49.9 Å². The Morgan fingerprint density at radius 1 is 0.871 bits per heavy atom. The Morgan fingerprint density at radius 3 is 2.03 bits per heavy atom. The number of alkyl halides is 3. The molecule has 0 aliphatic carbocycles. The summed E-state index contributed by atoms with van der Waals surface area (Å²) in [7, 11) is 0. The first-order valence-electron chi connectivity index (χ1n) is 9.87. The molecule has 5 nitrogen and oxygen atoms in total. The number of amides is 2. The maximum atomic E-state index is 12.8. The van der Waals surface area contributed by atoms with Crippen LogP contribution in [-0.2, 0) is 11.0 Å². The van der Waals surface area contributed by atoms with Crippen LogP contribution < -0.4 is 4.74 Å². The molecule has 0 radical (unpaired) electrons. The highest BCUT2D eigenvalue weighted by atomic mass is 19.4. The van der Waals surface area contributed by atoms with Gasteiger partial charge >= 0.3 is 6.18 Å². The molecule has 166 valence electrons. The van der Waals surface area contributed by atoms with Crippen molar-refractivity contribution in [2.45, 2.75) is 19.0 Å². The van der Waals surface area contributed by atoms with Crippen molar-refractivity contribution in [1.82, 2.24) is 9.80 Å². The van der Waals surface area contributed by atoms with E-state index in [0.29, 0.717) is 45.0 Å². The average molecular weight is 438 g/mol. The van der Waals surface area contributed by atoms with Crippen LogP contribution in [0.2, 0.25) is 0 Å². The molecule has 2 amide bonds. The van der Waals surface area contributed by atoms with Crippen LogP contribution in [0, 0.1) is 5.82 Å². The minimum absolute atomic E-state index is 0.0515. The van der Waals surface area contributed by atoms with Crippen molar-refractivity contribution in [3.63, 3.8) is 0 Å². The fourth-order valence-electron chi connectivity index (χ4n) is 3.25. The lowest BCUT2D eigenvalue weighted by Crippen LogP contribution is -2.50. The summed E-state index contributed by atoms with van der Waals surface area (Å²) in [6.45, 7) is 1.69. The van der Waals surface area contributed by atoms with Gasteiger partial charge in [-0.05, 0) is 55.0 Å². The molecule has 1 aliphatic heterocycles.